The van der Waals surface area contributed by atoms with Crippen LogP contribution in [-0.2, 0) is 24.4 Å². The topological polar surface area (TPSA) is 83.6 Å². The van der Waals surface area contributed by atoms with Crippen molar-refractivity contribution in [3.63, 3.8) is 0 Å². The van der Waals surface area contributed by atoms with E-state index in [-0.39, 0.29) is 0 Å². The Balaban J connectivity index is 1.41. The number of hydrogen-bond donors (Lipinski definition) is 3. The highest BCUT2D eigenvalue weighted by atomic mass is 35.5. The normalized spacial score (nSPS) is 12.0. The molecule has 0 bridgehead atoms. The van der Waals surface area contributed by atoms with E-state index in [4.69, 9.17) is 32.7 Å². The third-order valence-electron chi connectivity index (χ3n) is 5.56. The molecule has 0 aliphatic heterocycles. The van der Waals surface area contributed by atoms with Crippen molar-refractivity contribution in [3.05, 3.63) is 93.6 Å². The van der Waals surface area contributed by atoms with Gasteiger partial charge in [0.1, 0.15) is 12.6 Å². The largest absolute Gasteiger partial charge is 0.493 e. The number of aromatic nitrogens is 1. The Morgan fingerprint density at radius 3 is 2.59 bits per heavy atom. The number of ether oxygens (including phenoxy) is 2. The molecule has 0 aliphatic rings. The van der Waals surface area contributed by atoms with E-state index in [2.05, 4.69) is 10.3 Å². The fourth-order valence-corrected chi connectivity index (χ4v) is 4.06. The smallest absolute Gasteiger partial charge is 0.321 e. The van der Waals surface area contributed by atoms with Gasteiger partial charge in [0.05, 0.1) is 17.2 Å². The summed E-state index contributed by atoms with van der Waals surface area (Å²) in [4.78, 5) is 15.1. The third kappa shape index (κ3) is 5.65. The Hall–Kier alpha value is -3.19. The number of carboxylic acids is 1. The maximum atomic E-state index is 11.9. The van der Waals surface area contributed by atoms with Crippen molar-refractivity contribution in [2.75, 3.05) is 7.11 Å². The van der Waals surface area contributed by atoms with Crippen LogP contribution in [0.5, 0.6) is 11.5 Å². The summed E-state index contributed by atoms with van der Waals surface area (Å²) in [5.74, 6) is 0.229. The molecule has 0 saturated heterocycles. The number of para-hydroxylation sites is 1. The second kappa shape index (κ2) is 10.8. The lowest BCUT2D eigenvalue weighted by molar-refractivity contribution is -0.139. The molecule has 1 atom stereocenters. The number of H-pyrrole nitrogens is 1. The van der Waals surface area contributed by atoms with Crippen molar-refractivity contribution >= 4 is 40.1 Å². The van der Waals surface area contributed by atoms with Gasteiger partial charge in [0.25, 0.3) is 0 Å². The van der Waals surface area contributed by atoms with Crippen LogP contribution in [0.25, 0.3) is 10.9 Å². The molecule has 3 aromatic carbocycles. The molecule has 0 unspecified atom stereocenters. The van der Waals surface area contributed by atoms with Gasteiger partial charge in [0.2, 0.25) is 0 Å². The van der Waals surface area contributed by atoms with Crippen LogP contribution in [0.4, 0.5) is 0 Å². The number of halogens is 2. The van der Waals surface area contributed by atoms with Crippen LogP contribution in [-0.4, -0.2) is 29.2 Å². The molecule has 34 heavy (non-hydrogen) atoms. The Labute approximate surface area is 207 Å². The highest BCUT2D eigenvalue weighted by Gasteiger charge is 2.19. The molecule has 6 nitrogen and oxygen atoms in total. The Kier molecular flexibility index (Phi) is 7.63. The first-order chi connectivity index (χ1) is 16.4. The quantitative estimate of drug-likeness (QED) is 0.255. The van der Waals surface area contributed by atoms with Crippen LogP contribution in [0.2, 0.25) is 10.0 Å². The molecular weight excluding hydrogens is 475 g/mol. The van der Waals surface area contributed by atoms with Gasteiger partial charge in [-0.05, 0) is 47.0 Å². The van der Waals surface area contributed by atoms with E-state index in [1.54, 1.807) is 19.2 Å². The monoisotopic (exact) mass is 498 g/mol. The minimum atomic E-state index is -0.904. The van der Waals surface area contributed by atoms with Gasteiger partial charge in [-0.25, -0.2) is 0 Å². The third-order valence-corrected chi connectivity index (χ3v) is 6.30. The first-order valence-corrected chi connectivity index (χ1v) is 11.4. The Bertz CT molecular complexity index is 1310. The van der Waals surface area contributed by atoms with Gasteiger partial charge < -0.3 is 24.9 Å². The molecule has 4 rings (SSSR count). The average Bonchev–Trinajstić information content (AvgIpc) is 3.25. The van der Waals surface area contributed by atoms with Gasteiger partial charge in [-0.15, -0.1) is 0 Å². The predicted octanol–water partition coefficient (Wildman–Crippen LogP) is 5.85. The van der Waals surface area contributed by atoms with Crippen molar-refractivity contribution in [3.8, 4) is 11.5 Å². The Morgan fingerprint density at radius 2 is 1.82 bits per heavy atom. The maximum Gasteiger partial charge on any atom is 0.321 e. The number of hydrogen-bond acceptors (Lipinski definition) is 4. The van der Waals surface area contributed by atoms with Crippen LogP contribution in [0.1, 0.15) is 16.7 Å². The number of carboxylic acid groups (broad SMARTS) is 1. The average molecular weight is 499 g/mol. The van der Waals surface area contributed by atoms with E-state index in [1.807, 2.05) is 54.7 Å². The highest BCUT2D eigenvalue weighted by Crippen LogP contribution is 2.30. The van der Waals surface area contributed by atoms with Crippen LogP contribution < -0.4 is 14.8 Å². The lowest BCUT2D eigenvalue weighted by atomic mass is 10.0. The summed E-state index contributed by atoms with van der Waals surface area (Å²) in [6.45, 7) is 0.666. The van der Waals surface area contributed by atoms with Gasteiger partial charge in [0, 0.05) is 30.1 Å². The zero-order valence-electron chi connectivity index (χ0n) is 18.5. The summed E-state index contributed by atoms with van der Waals surface area (Å²) >= 11 is 12.0. The molecule has 0 fully saturated rings. The molecule has 0 spiro atoms. The summed E-state index contributed by atoms with van der Waals surface area (Å²) in [6, 6.07) is 18.0. The summed E-state index contributed by atoms with van der Waals surface area (Å²) < 4.78 is 11.4. The second-order valence-electron chi connectivity index (χ2n) is 7.86. The van der Waals surface area contributed by atoms with Gasteiger partial charge in [-0.3, -0.25) is 4.79 Å². The van der Waals surface area contributed by atoms with Crippen molar-refractivity contribution in [1.82, 2.24) is 10.3 Å². The number of fused-ring (bicyclic) bond motifs is 1. The van der Waals surface area contributed by atoms with Crippen LogP contribution in [0.3, 0.4) is 0 Å². The number of aliphatic carboxylic acids is 1. The van der Waals surface area contributed by atoms with Crippen molar-refractivity contribution in [2.24, 2.45) is 0 Å². The molecule has 8 heteroatoms. The van der Waals surface area contributed by atoms with Crippen LogP contribution in [0.15, 0.2) is 66.9 Å². The summed E-state index contributed by atoms with van der Waals surface area (Å²) in [5.41, 5.74) is 3.70. The maximum absolute atomic E-state index is 11.9. The zero-order valence-corrected chi connectivity index (χ0v) is 20.0. The van der Waals surface area contributed by atoms with Crippen molar-refractivity contribution in [1.29, 1.82) is 0 Å². The van der Waals surface area contributed by atoms with Crippen molar-refractivity contribution < 1.29 is 19.4 Å². The van der Waals surface area contributed by atoms with E-state index in [1.165, 1.54) is 0 Å². The number of carbonyl (C=O) groups is 1. The first-order valence-electron chi connectivity index (χ1n) is 10.7. The van der Waals surface area contributed by atoms with E-state index < -0.39 is 12.0 Å². The minimum Gasteiger partial charge on any atom is -0.493 e. The lowest BCUT2D eigenvalue weighted by Gasteiger charge is -2.16. The summed E-state index contributed by atoms with van der Waals surface area (Å²) in [5, 5.41) is 14.9. The highest BCUT2D eigenvalue weighted by molar-refractivity contribution is 6.42. The molecule has 0 radical (unpaired) electrons. The fourth-order valence-electron chi connectivity index (χ4n) is 3.74. The SMILES string of the molecule is COc1cc(CN[C@H](Cc2c[nH]c3ccccc23)C(=O)O)ccc1OCc1ccc(Cl)c(Cl)c1. The van der Waals surface area contributed by atoms with E-state index in [0.717, 1.165) is 27.6 Å². The molecular formula is C26H24Cl2N2O4. The van der Waals surface area contributed by atoms with Crippen molar-refractivity contribution in [2.45, 2.75) is 25.6 Å². The van der Waals surface area contributed by atoms with Gasteiger partial charge in [-0.1, -0.05) is 53.5 Å². The lowest BCUT2D eigenvalue weighted by Crippen LogP contribution is -2.38. The molecule has 4 aromatic rings. The molecule has 0 aliphatic carbocycles. The number of aromatic amines is 1. The fraction of sp³-hybridized carbons (Fsp3) is 0.192. The van der Waals surface area contributed by atoms with Gasteiger partial charge >= 0.3 is 5.97 Å². The summed E-state index contributed by atoms with van der Waals surface area (Å²) in [7, 11) is 1.57. The van der Waals surface area contributed by atoms with Gasteiger partial charge in [0.15, 0.2) is 11.5 Å². The standard InChI is InChI=1S/C26H24Cl2N2O4/c1-33-25-11-16(7-9-24(25)34-15-17-6-8-20(27)21(28)10-17)13-29-23(26(31)32)12-18-14-30-22-5-3-2-4-19(18)22/h2-11,14,23,29-30H,12-13,15H2,1H3,(H,31,32)/t23-/m1/s1. The number of nitrogens with one attached hydrogen (secondary N) is 2. The molecule has 3 N–H and O–H groups in total. The Morgan fingerprint density at radius 1 is 1.03 bits per heavy atom. The number of methoxy groups -OCH3 is 1. The first kappa shape index (κ1) is 24.0. The molecule has 1 heterocycles. The second-order valence-corrected chi connectivity index (χ2v) is 8.67. The number of benzene rings is 3. The summed E-state index contributed by atoms with van der Waals surface area (Å²) in [6.07, 6.45) is 2.23. The minimum absolute atomic E-state index is 0.302. The van der Waals surface area contributed by atoms with E-state index in [9.17, 15) is 9.90 Å². The molecule has 0 amide bonds. The molecule has 176 valence electrons. The van der Waals surface area contributed by atoms with Crippen LogP contribution >= 0.6 is 23.2 Å². The predicted molar refractivity (Wildman–Crippen MR) is 134 cm³/mol. The van der Waals surface area contributed by atoms with Gasteiger partial charge in [-0.2, -0.15) is 0 Å². The molecule has 0 saturated carbocycles. The zero-order chi connectivity index (χ0) is 24.1. The molecule has 1 aromatic heterocycles. The van der Waals surface area contributed by atoms with E-state index >= 15 is 0 Å². The van der Waals surface area contributed by atoms with E-state index in [0.29, 0.717) is 41.1 Å². The van der Waals surface area contributed by atoms with Crippen LogP contribution in [0, 0.1) is 0 Å². The number of rotatable bonds is 10.